The van der Waals surface area contributed by atoms with Gasteiger partial charge >= 0.3 is 12.1 Å². The van der Waals surface area contributed by atoms with Gasteiger partial charge in [0.15, 0.2) is 0 Å². The van der Waals surface area contributed by atoms with Crippen LogP contribution in [-0.4, -0.2) is 35.9 Å². The Labute approximate surface area is 149 Å². The number of ether oxygens (including phenoxy) is 2. The van der Waals surface area contributed by atoms with Gasteiger partial charge in [-0.3, -0.25) is 0 Å². The summed E-state index contributed by atoms with van der Waals surface area (Å²) >= 11 is 0. The van der Waals surface area contributed by atoms with Crippen LogP contribution < -0.4 is 10.1 Å². The molecule has 25 heavy (non-hydrogen) atoms. The normalized spacial score (nSPS) is 13.1. The lowest BCUT2D eigenvalue weighted by atomic mass is 9.85. The van der Waals surface area contributed by atoms with E-state index in [1.807, 2.05) is 18.2 Å². The number of alkyl carbamates (subject to hydrolysis) is 1. The van der Waals surface area contributed by atoms with Crippen molar-refractivity contribution in [1.82, 2.24) is 5.32 Å². The molecule has 1 unspecified atom stereocenters. The van der Waals surface area contributed by atoms with Crippen LogP contribution in [0.3, 0.4) is 0 Å². The van der Waals surface area contributed by atoms with Gasteiger partial charge < -0.3 is 19.9 Å². The summed E-state index contributed by atoms with van der Waals surface area (Å²) in [4.78, 5) is 23.5. The van der Waals surface area contributed by atoms with Gasteiger partial charge in [-0.05, 0) is 43.4 Å². The molecular formula is C19H29NO5. The molecular weight excluding hydrogens is 322 g/mol. The number of carboxylic acids is 1. The number of carbonyl (C=O) groups is 2. The zero-order valence-corrected chi connectivity index (χ0v) is 16.1. The number of carboxylic acid groups (broad SMARTS) is 1. The Morgan fingerprint density at radius 1 is 1.16 bits per heavy atom. The lowest BCUT2D eigenvalue weighted by Crippen LogP contribution is -2.44. The number of benzene rings is 1. The summed E-state index contributed by atoms with van der Waals surface area (Å²) in [7, 11) is 1.53. The summed E-state index contributed by atoms with van der Waals surface area (Å²) < 4.78 is 10.5. The molecule has 0 aliphatic carbocycles. The summed E-state index contributed by atoms with van der Waals surface area (Å²) in [6.45, 7) is 11.4. The van der Waals surface area contributed by atoms with Crippen LogP contribution >= 0.6 is 0 Å². The third-order valence-electron chi connectivity index (χ3n) is 3.56. The Kier molecular flexibility index (Phi) is 6.46. The number of amides is 1. The van der Waals surface area contributed by atoms with Crippen molar-refractivity contribution in [3.8, 4) is 5.75 Å². The Balaban J connectivity index is 3.05. The van der Waals surface area contributed by atoms with Gasteiger partial charge in [-0.25, -0.2) is 9.59 Å². The van der Waals surface area contributed by atoms with Crippen LogP contribution in [0.2, 0.25) is 0 Å². The van der Waals surface area contributed by atoms with Crippen molar-refractivity contribution >= 4 is 12.1 Å². The largest absolute Gasteiger partial charge is 0.496 e. The lowest BCUT2D eigenvalue weighted by molar-refractivity contribution is -0.139. The van der Waals surface area contributed by atoms with Gasteiger partial charge in [0.2, 0.25) is 0 Å². The van der Waals surface area contributed by atoms with Crippen molar-refractivity contribution < 1.29 is 24.2 Å². The number of methoxy groups -OCH3 is 1. The molecule has 1 amide bonds. The van der Waals surface area contributed by atoms with E-state index in [4.69, 9.17) is 9.47 Å². The van der Waals surface area contributed by atoms with Crippen molar-refractivity contribution in [2.24, 2.45) is 0 Å². The molecule has 140 valence electrons. The Bertz CT molecular complexity index is 626. The highest BCUT2D eigenvalue weighted by Gasteiger charge is 2.26. The van der Waals surface area contributed by atoms with E-state index in [1.165, 1.54) is 7.11 Å². The molecule has 1 aromatic carbocycles. The molecule has 0 bridgehead atoms. The van der Waals surface area contributed by atoms with E-state index in [0.29, 0.717) is 5.75 Å². The van der Waals surface area contributed by atoms with Crippen molar-refractivity contribution in [1.29, 1.82) is 0 Å². The number of nitrogens with one attached hydrogen (secondary N) is 1. The fraction of sp³-hybridized carbons (Fsp3) is 0.579. The predicted octanol–water partition coefficient (Wildman–Crippen LogP) is 3.51. The zero-order chi connectivity index (χ0) is 19.4. The van der Waals surface area contributed by atoms with Crippen molar-refractivity contribution in [3.63, 3.8) is 0 Å². The molecule has 2 N–H and O–H groups in total. The molecule has 0 heterocycles. The smallest absolute Gasteiger partial charge is 0.408 e. The fourth-order valence-corrected chi connectivity index (χ4v) is 2.27. The summed E-state index contributed by atoms with van der Waals surface area (Å²) in [6, 6.07) is 4.59. The Hall–Kier alpha value is -2.24. The fourth-order valence-electron chi connectivity index (χ4n) is 2.27. The van der Waals surface area contributed by atoms with Crippen LogP contribution in [0.25, 0.3) is 0 Å². The molecule has 6 heteroatoms. The molecule has 0 fully saturated rings. The van der Waals surface area contributed by atoms with Crippen LogP contribution in [0.5, 0.6) is 5.75 Å². The maximum absolute atomic E-state index is 11.9. The molecule has 1 rings (SSSR count). The topological polar surface area (TPSA) is 84.9 Å². The quantitative estimate of drug-likeness (QED) is 0.848. The molecule has 0 saturated heterocycles. The van der Waals surface area contributed by atoms with Gasteiger partial charge in [-0.2, -0.15) is 0 Å². The van der Waals surface area contributed by atoms with Crippen LogP contribution in [0.15, 0.2) is 18.2 Å². The van der Waals surface area contributed by atoms with Gasteiger partial charge in [0.05, 0.1) is 7.11 Å². The third-order valence-corrected chi connectivity index (χ3v) is 3.56. The molecule has 1 aromatic rings. The summed E-state index contributed by atoms with van der Waals surface area (Å²) in [5.74, 6) is -0.542. The van der Waals surface area contributed by atoms with E-state index in [1.54, 1.807) is 20.8 Å². The average molecular weight is 351 g/mol. The lowest BCUT2D eigenvalue weighted by Gasteiger charge is -2.24. The van der Waals surface area contributed by atoms with Crippen LogP contribution in [0.1, 0.15) is 52.7 Å². The van der Waals surface area contributed by atoms with Gasteiger partial charge in [-0.1, -0.05) is 32.9 Å². The van der Waals surface area contributed by atoms with Crippen molar-refractivity contribution in [3.05, 3.63) is 29.3 Å². The van der Waals surface area contributed by atoms with Crippen LogP contribution in [0, 0.1) is 0 Å². The number of carbonyl (C=O) groups excluding carboxylic acids is 1. The average Bonchev–Trinajstić information content (AvgIpc) is 2.43. The molecule has 0 saturated carbocycles. The number of hydrogen-bond acceptors (Lipinski definition) is 4. The molecule has 1 atom stereocenters. The monoisotopic (exact) mass is 351 g/mol. The van der Waals surface area contributed by atoms with Crippen molar-refractivity contribution in [2.75, 3.05) is 7.11 Å². The highest BCUT2D eigenvalue weighted by atomic mass is 16.6. The maximum atomic E-state index is 11.9. The number of aliphatic carboxylic acids is 1. The van der Waals surface area contributed by atoms with Crippen molar-refractivity contribution in [2.45, 2.75) is 65.0 Å². The minimum atomic E-state index is -1.13. The second kappa shape index (κ2) is 7.76. The molecule has 0 aliphatic rings. The van der Waals surface area contributed by atoms with E-state index in [9.17, 15) is 14.7 Å². The summed E-state index contributed by atoms with van der Waals surface area (Å²) in [6.07, 6.45) is -0.660. The highest BCUT2D eigenvalue weighted by Crippen LogP contribution is 2.28. The number of rotatable bonds is 5. The Morgan fingerprint density at radius 2 is 1.76 bits per heavy atom. The minimum Gasteiger partial charge on any atom is -0.496 e. The van der Waals surface area contributed by atoms with Gasteiger partial charge in [0, 0.05) is 6.42 Å². The first-order valence-corrected chi connectivity index (χ1v) is 8.23. The van der Waals surface area contributed by atoms with E-state index in [-0.39, 0.29) is 11.8 Å². The first-order chi connectivity index (χ1) is 11.3. The predicted molar refractivity (Wildman–Crippen MR) is 96.2 cm³/mol. The molecule has 6 nitrogen and oxygen atoms in total. The van der Waals surface area contributed by atoms with Gasteiger partial charge in [0.25, 0.3) is 0 Å². The van der Waals surface area contributed by atoms with Gasteiger partial charge in [0.1, 0.15) is 17.4 Å². The SMILES string of the molecule is COc1ccc(C(C)(C)C)cc1CC(NC(=O)OC(C)(C)C)C(=O)O. The first kappa shape index (κ1) is 20.8. The standard InChI is InChI=1S/C19H29NO5/c1-18(2,3)13-8-9-15(24-7)12(10-13)11-14(16(21)22)20-17(23)25-19(4,5)6/h8-10,14H,11H2,1-7H3,(H,20,23)(H,21,22). The summed E-state index contributed by atoms with van der Waals surface area (Å²) in [5, 5.41) is 11.9. The molecule has 0 aromatic heterocycles. The van der Waals surface area contributed by atoms with Crippen LogP contribution in [-0.2, 0) is 21.4 Å². The summed E-state index contributed by atoms with van der Waals surface area (Å²) in [5.41, 5.74) is 0.998. The molecule has 0 radical (unpaired) electrons. The van der Waals surface area contributed by atoms with Crippen LogP contribution in [0.4, 0.5) is 4.79 Å². The van der Waals surface area contributed by atoms with Gasteiger partial charge in [-0.15, -0.1) is 0 Å². The second-order valence-corrected chi connectivity index (χ2v) is 8.02. The maximum Gasteiger partial charge on any atom is 0.408 e. The molecule has 0 aliphatic heterocycles. The second-order valence-electron chi connectivity index (χ2n) is 8.02. The first-order valence-electron chi connectivity index (χ1n) is 8.23. The Morgan fingerprint density at radius 3 is 2.20 bits per heavy atom. The number of hydrogen-bond donors (Lipinski definition) is 2. The zero-order valence-electron chi connectivity index (χ0n) is 16.1. The third kappa shape index (κ3) is 6.64. The minimum absolute atomic E-state index is 0.0850. The molecule has 0 spiro atoms. The van der Waals surface area contributed by atoms with E-state index in [2.05, 4.69) is 26.1 Å². The highest BCUT2D eigenvalue weighted by molar-refractivity contribution is 5.80. The van der Waals surface area contributed by atoms with E-state index < -0.39 is 23.7 Å². The van der Waals surface area contributed by atoms with E-state index in [0.717, 1.165) is 11.1 Å². The van der Waals surface area contributed by atoms with E-state index >= 15 is 0 Å².